The van der Waals surface area contributed by atoms with Crippen LogP contribution in [0.4, 0.5) is 0 Å². The van der Waals surface area contributed by atoms with Gasteiger partial charge in [0.1, 0.15) is 6.10 Å². The van der Waals surface area contributed by atoms with E-state index < -0.39 is 0 Å². The molecule has 106 valence electrons. The molecule has 0 aromatic carbocycles. The first-order valence-electron chi connectivity index (χ1n) is 7.40. The molecule has 1 heterocycles. The zero-order chi connectivity index (χ0) is 13.7. The van der Waals surface area contributed by atoms with Gasteiger partial charge in [-0.1, -0.05) is 20.3 Å². The van der Waals surface area contributed by atoms with Gasteiger partial charge in [0.05, 0.1) is 0 Å². The monoisotopic (exact) mass is 263 g/mol. The van der Waals surface area contributed by atoms with E-state index >= 15 is 0 Å². The summed E-state index contributed by atoms with van der Waals surface area (Å²) in [4.78, 5) is 8.83. The molecule has 1 aromatic heterocycles. The third-order valence-corrected chi connectivity index (χ3v) is 3.91. The van der Waals surface area contributed by atoms with Crippen LogP contribution in [0.5, 0.6) is 6.01 Å². The summed E-state index contributed by atoms with van der Waals surface area (Å²) >= 11 is 0. The molecule has 1 aromatic rings. The van der Waals surface area contributed by atoms with E-state index in [1.807, 2.05) is 13.1 Å². The van der Waals surface area contributed by atoms with Gasteiger partial charge in [-0.15, -0.1) is 0 Å². The van der Waals surface area contributed by atoms with Crippen LogP contribution in [0.15, 0.2) is 6.20 Å². The van der Waals surface area contributed by atoms with Crippen LogP contribution in [0.1, 0.15) is 50.8 Å². The smallest absolute Gasteiger partial charge is 0.316 e. The van der Waals surface area contributed by atoms with E-state index in [1.54, 1.807) is 0 Å². The first-order chi connectivity index (χ1) is 9.20. The summed E-state index contributed by atoms with van der Waals surface area (Å²) in [7, 11) is 0. The van der Waals surface area contributed by atoms with E-state index in [1.165, 1.54) is 19.3 Å². The minimum absolute atomic E-state index is 0.285. The molecule has 0 radical (unpaired) electrons. The Kier molecular flexibility index (Phi) is 5.14. The fourth-order valence-corrected chi connectivity index (χ4v) is 2.55. The van der Waals surface area contributed by atoms with Gasteiger partial charge in [-0.05, 0) is 38.6 Å². The Hall–Kier alpha value is -1.16. The molecule has 1 N–H and O–H groups in total. The topological polar surface area (TPSA) is 47.0 Å². The number of hydrogen-bond donors (Lipinski definition) is 1. The van der Waals surface area contributed by atoms with Crippen LogP contribution < -0.4 is 10.1 Å². The average molecular weight is 263 g/mol. The second-order valence-electron chi connectivity index (χ2n) is 5.46. The van der Waals surface area contributed by atoms with Gasteiger partial charge < -0.3 is 10.1 Å². The van der Waals surface area contributed by atoms with Gasteiger partial charge in [0.25, 0.3) is 0 Å². The second kappa shape index (κ2) is 6.85. The van der Waals surface area contributed by atoms with Gasteiger partial charge in [-0.2, -0.15) is 0 Å². The molecule has 0 amide bonds. The molecule has 0 aliphatic heterocycles. The molecule has 0 saturated heterocycles. The lowest BCUT2D eigenvalue weighted by atomic mass is 9.88. The summed E-state index contributed by atoms with van der Waals surface area (Å²) in [5.41, 5.74) is 2.15. The summed E-state index contributed by atoms with van der Waals surface area (Å²) in [6, 6.07) is 0.538. The number of aryl methyl sites for hydroxylation is 1. The maximum Gasteiger partial charge on any atom is 0.316 e. The van der Waals surface area contributed by atoms with Crippen molar-refractivity contribution in [3.05, 3.63) is 17.5 Å². The zero-order valence-electron chi connectivity index (χ0n) is 12.3. The van der Waals surface area contributed by atoms with Crippen LogP contribution in [0.3, 0.4) is 0 Å². The first-order valence-corrected chi connectivity index (χ1v) is 7.40. The summed E-state index contributed by atoms with van der Waals surface area (Å²) in [6.07, 6.45) is 7.13. The van der Waals surface area contributed by atoms with Crippen molar-refractivity contribution in [2.45, 2.75) is 59.1 Å². The van der Waals surface area contributed by atoms with E-state index in [0.29, 0.717) is 11.9 Å². The van der Waals surface area contributed by atoms with Gasteiger partial charge in [0.2, 0.25) is 0 Å². The van der Waals surface area contributed by atoms with E-state index in [0.717, 1.165) is 30.8 Å². The molecular weight excluding hydrogens is 238 g/mol. The Morgan fingerprint density at radius 2 is 2.16 bits per heavy atom. The van der Waals surface area contributed by atoms with Crippen LogP contribution in [0.2, 0.25) is 0 Å². The quantitative estimate of drug-likeness (QED) is 0.887. The number of hydrogen-bond acceptors (Lipinski definition) is 4. The number of nitrogens with zero attached hydrogens (tertiary/aromatic N) is 2. The molecule has 4 heteroatoms. The van der Waals surface area contributed by atoms with Gasteiger partial charge in [-0.3, -0.25) is 0 Å². The van der Waals surface area contributed by atoms with Gasteiger partial charge in [0, 0.05) is 24.0 Å². The van der Waals surface area contributed by atoms with E-state index in [-0.39, 0.29) is 6.10 Å². The largest absolute Gasteiger partial charge is 0.460 e. The summed E-state index contributed by atoms with van der Waals surface area (Å²) < 4.78 is 5.97. The molecule has 2 rings (SSSR count). The number of ether oxygens (including phenoxy) is 1. The van der Waals surface area contributed by atoms with Crippen LogP contribution in [0.25, 0.3) is 0 Å². The number of rotatable bonds is 5. The summed E-state index contributed by atoms with van der Waals surface area (Å²) in [5, 5.41) is 3.29. The molecule has 2 unspecified atom stereocenters. The Morgan fingerprint density at radius 3 is 2.84 bits per heavy atom. The normalized spacial score (nSPS) is 23.3. The highest BCUT2D eigenvalue weighted by molar-refractivity contribution is 5.17. The minimum atomic E-state index is 0.285. The molecule has 1 aliphatic carbocycles. The highest BCUT2D eigenvalue weighted by atomic mass is 16.5. The lowest BCUT2D eigenvalue weighted by Crippen LogP contribution is -2.29. The van der Waals surface area contributed by atoms with Gasteiger partial charge in [0.15, 0.2) is 0 Å². The zero-order valence-corrected chi connectivity index (χ0v) is 12.3. The molecular formula is C15H25N3O. The van der Waals surface area contributed by atoms with Crippen molar-refractivity contribution >= 4 is 0 Å². The van der Waals surface area contributed by atoms with Crippen molar-refractivity contribution in [1.29, 1.82) is 0 Å². The standard InChI is InChI=1S/C15H25N3O/c1-4-16-9-13-10-17-15(18-12(13)3)19-14-8-6-5-7-11(14)2/h10-11,14,16H,4-9H2,1-3H3. The summed E-state index contributed by atoms with van der Waals surface area (Å²) in [5.74, 6) is 0.610. The molecule has 2 atom stereocenters. The van der Waals surface area contributed by atoms with E-state index in [2.05, 4.69) is 29.1 Å². The first kappa shape index (κ1) is 14.3. The van der Waals surface area contributed by atoms with E-state index in [4.69, 9.17) is 4.74 Å². The summed E-state index contributed by atoms with van der Waals surface area (Å²) in [6.45, 7) is 8.15. The molecule has 0 spiro atoms. The Bertz CT molecular complexity index is 408. The minimum Gasteiger partial charge on any atom is -0.460 e. The highest BCUT2D eigenvalue weighted by Crippen LogP contribution is 2.26. The molecule has 1 saturated carbocycles. The van der Waals surface area contributed by atoms with Crippen LogP contribution in [0, 0.1) is 12.8 Å². The highest BCUT2D eigenvalue weighted by Gasteiger charge is 2.23. The third kappa shape index (κ3) is 3.90. The van der Waals surface area contributed by atoms with Gasteiger partial charge >= 0.3 is 6.01 Å². The molecule has 1 fully saturated rings. The van der Waals surface area contributed by atoms with Crippen molar-refractivity contribution in [2.75, 3.05) is 6.54 Å². The molecule has 1 aliphatic rings. The Balaban J connectivity index is 1.99. The second-order valence-corrected chi connectivity index (χ2v) is 5.46. The maximum atomic E-state index is 5.97. The Morgan fingerprint density at radius 1 is 1.37 bits per heavy atom. The third-order valence-electron chi connectivity index (χ3n) is 3.91. The van der Waals surface area contributed by atoms with Crippen molar-refractivity contribution < 1.29 is 4.74 Å². The van der Waals surface area contributed by atoms with Crippen LogP contribution >= 0.6 is 0 Å². The van der Waals surface area contributed by atoms with Gasteiger partial charge in [-0.25, -0.2) is 9.97 Å². The van der Waals surface area contributed by atoms with E-state index in [9.17, 15) is 0 Å². The Labute approximate surface area is 116 Å². The van der Waals surface area contributed by atoms with Crippen LogP contribution in [-0.4, -0.2) is 22.6 Å². The van der Waals surface area contributed by atoms with Crippen molar-refractivity contribution in [1.82, 2.24) is 15.3 Å². The predicted octanol–water partition coefficient (Wildman–Crippen LogP) is 2.85. The number of aromatic nitrogens is 2. The van der Waals surface area contributed by atoms with Crippen molar-refractivity contribution in [3.8, 4) is 6.01 Å². The molecule has 4 nitrogen and oxygen atoms in total. The van der Waals surface area contributed by atoms with Crippen molar-refractivity contribution in [2.24, 2.45) is 5.92 Å². The average Bonchev–Trinajstić information content (AvgIpc) is 2.40. The predicted molar refractivity (Wildman–Crippen MR) is 76.2 cm³/mol. The lowest BCUT2D eigenvalue weighted by molar-refractivity contribution is 0.0920. The molecule has 19 heavy (non-hydrogen) atoms. The fraction of sp³-hybridized carbons (Fsp3) is 0.733. The fourth-order valence-electron chi connectivity index (χ4n) is 2.55. The van der Waals surface area contributed by atoms with Crippen molar-refractivity contribution in [3.63, 3.8) is 0 Å². The maximum absolute atomic E-state index is 5.97. The van der Waals surface area contributed by atoms with Crippen LogP contribution in [-0.2, 0) is 6.54 Å². The molecule has 0 bridgehead atoms. The lowest BCUT2D eigenvalue weighted by Gasteiger charge is -2.28. The SMILES string of the molecule is CCNCc1cnc(OC2CCCCC2C)nc1C. The number of nitrogens with one attached hydrogen (secondary N) is 1.